The molecular formula is C18H18F3NO4. The fourth-order valence-electron chi connectivity index (χ4n) is 2.24. The molecule has 2 atom stereocenters. The lowest BCUT2D eigenvalue weighted by atomic mass is 10.0. The van der Waals surface area contributed by atoms with E-state index in [0.29, 0.717) is 0 Å². The zero-order valence-electron chi connectivity index (χ0n) is 13.6. The minimum Gasteiger partial charge on any atom is -0.445 e. The molecule has 2 aromatic rings. The van der Waals surface area contributed by atoms with Crippen LogP contribution in [0.4, 0.5) is 18.0 Å². The molecule has 0 spiro atoms. The molecule has 0 aliphatic heterocycles. The van der Waals surface area contributed by atoms with Gasteiger partial charge in [-0.1, -0.05) is 42.5 Å². The quantitative estimate of drug-likeness (QED) is 0.731. The Balaban J connectivity index is 1.95. The fraction of sp³-hybridized carbons (Fsp3) is 0.278. The minimum atomic E-state index is -4.49. The van der Waals surface area contributed by atoms with Gasteiger partial charge in [-0.25, -0.2) is 4.79 Å². The summed E-state index contributed by atoms with van der Waals surface area (Å²) >= 11 is 0. The first kappa shape index (κ1) is 19.7. The van der Waals surface area contributed by atoms with Crippen LogP contribution in [0, 0.1) is 0 Å². The SMILES string of the molecule is O=C(NC(CO)[C@H](O)c1ccc(C(F)(F)F)cc1)OCc1ccccc1. The van der Waals surface area contributed by atoms with Gasteiger partial charge in [-0.3, -0.25) is 0 Å². The molecule has 1 amide bonds. The molecule has 0 fully saturated rings. The number of ether oxygens (including phenoxy) is 1. The standard InChI is InChI=1S/C18H18F3NO4/c19-18(20,21)14-8-6-13(7-9-14)16(24)15(10-23)22-17(25)26-11-12-4-2-1-3-5-12/h1-9,15-16,23-24H,10-11H2,(H,22,25)/t15?,16-/m1/s1. The molecule has 2 aromatic carbocycles. The number of aliphatic hydroxyl groups is 2. The van der Waals surface area contributed by atoms with Crippen molar-refractivity contribution in [3.8, 4) is 0 Å². The number of nitrogens with one attached hydrogen (secondary N) is 1. The molecule has 2 rings (SSSR count). The van der Waals surface area contributed by atoms with E-state index in [1.165, 1.54) is 0 Å². The Hall–Kier alpha value is -2.58. The molecular weight excluding hydrogens is 351 g/mol. The highest BCUT2D eigenvalue weighted by atomic mass is 19.4. The van der Waals surface area contributed by atoms with Crippen molar-refractivity contribution in [2.75, 3.05) is 6.61 Å². The summed E-state index contributed by atoms with van der Waals surface area (Å²) in [5.41, 5.74) is 0.0242. The van der Waals surface area contributed by atoms with Crippen molar-refractivity contribution in [1.29, 1.82) is 0 Å². The summed E-state index contributed by atoms with van der Waals surface area (Å²) in [5.74, 6) is 0. The first-order valence-corrected chi connectivity index (χ1v) is 7.74. The monoisotopic (exact) mass is 369 g/mol. The predicted molar refractivity (Wildman–Crippen MR) is 87.0 cm³/mol. The minimum absolute atomic E-state index is 0.00119. The van der Waals surface area contributed by atoms with E-state index in [1.54, 1.807) is 24.3 Å². The van der Waals surface area contributed by atoms with Crippen molar-refractivity contribution in [2.24, 2.45) is 0 Å². The second kappa shape index (κ2) is 8.68. The fourth-order valence-corrected chi connectivity index (χ4v) is 2.24. The van der Waals surface area contributed by atoms with Crippen molar-refractivity contribution >= 4 is 6.09 Å². The summed E-state index contributed by atoms with van der Waals surface area (Å²) < 4.78 is 42.7. The van der Waals surface area contributed by atoms with Crippen molar-refractivity contribution in [1.82, 2.24) is 5.32 Å². The highest BCUT2D eigenvalue weighted by Crippen LogP contribution is 2.30. The van der Waals surface area contributed by atoms with E-state index < -0.39 is 36.6 Å². The van der Waals surface area contributed by atoms with Crippen molar-refractivity contribution in [2.45, 2.75) is 24.9 Å². The van der Waals surface area contributed by atoms with E-state index in [-0.39, 0.29) is 12.2 Å². The van der Waals surface area contributed by atoms with E-state index in [2.05, 4.69) is 5.32 Å². The van der Waals surface area contributed by atoms with Gasteiger partial charge in [0.2, 0.25) is 0 Å². The van der Waals surface area contributed by atoms with Crippen LogP contribution in [-0.2, 0) is 17.5 Å². The van der Waals surface area contributed by atoms with Crippen LogP contribution in [0.25, 0.3) is 0 Å². The maximum absolute atomic E-state index is 12.6. The molecule has 0 aromatic heterocycles. The van der Waals surface area contributed by atoms with Crippen molar-refractivity contribution < 1.29 is 32.9 Å². The van der Waals surface area contributed by atoms with Gasteiger partial charge < -0.3 is 20.3 Å². The van der Waals surface area contributed by atoms with Gasteiger partial charge in [-0.2, -0.15) is 13.2 Å². The van der Waals surface area contributed by atoms with E-state index in [4.69, 9.17) is 4.74 Å². The largest absolute Gasteiger partial charge is 0.445 e. The van der Waals surface area contributed by atoms with Gasteiger partial charge in [-0.05, 0) is 23.3 Å². The van der Waals surface area contributed by atoms with Crippen LogP contribution in [0.3, 0.4) is 0 Å². The van der Waals surface area contributed by atoms with Crippen molar-refractivity contribution in [3.05, 3.63) is 71.3 Å². The van der Waals surface area contributed by atoms with Crippen LogP contribution in [0.1, 0.15) is 22.8 Å². The third kappa shape index (κ3) is 5.47. The van der Waals surface area contributed by atoms with Gasteiger partial charge in [0.25, 0.3) is 0 Å². The summed E-state index contributed by atoms with van der Waals surface area (Å²) in [6, 6.07) is 11.6. The van der Waals surface area contributed by atoms with Gasteiger partial charge >= 0.3 is 12.3 Å². The molecule has 26 heavy (non-hydrogen) atoms. The molecule has 0 saturated carbocycles. The number of rotatable bonds is 6. The number of alkyl carbamates (subject to hydrolysis) is 1. The van der Waals surface area contributed by atoms with Crippen LogP contribution in [-0.4, -0.2) is 29.0 Å². The smallest absolute Gasteiger partial charge is 0.416 e. The third-order valence-corrected chi connectivity index (χ3v) is 3.67. The maximum Gasteiger partial charge on any atom is 0.416 e. The Labute approximate surface area is 148 Å². The number of hydrogen-bond donors (Lipinski definition) is 3. The van der Waals surface area contributed by atoms with Gasteiger partial charge in [0.1, 0.15) is 12.7 Å². The Morgan fingerprint density at radius 2 is 1.69 bits per heavy atom. The Morgan fingerprint density at radius 1 is 1.08 bits per heavy atom. The number of aliphatic hydroxyl groups excluding tert-OH is 2. The summed E-state index contributed by atoms with van der Waals surface area (Å²) in [6.07, 6.45) is -6.75. The molecule has 0 radical (unpaired) electrons. The van der Waals surface area contributed by atoms with Gasteiger partial charge in [0, 0.05) is 0 Å². The number of amides is 1. The first-order valence-electron chi connectivity index (χ1n) is 7.74. The summed E-state index contributed by atoms with van der Waals surface area (Å²) in [4.78, 5) is 11.8. The molecule has 0 aliphatic carbocycles. The molecule has 0 saturated heterocycles. The average molecular weight is 369 g/mol. The number of carbonyl (C=O) groups excluding carboxylic acids is 1. The maximum atomic E-state index is 12.6. The molecule has 3 N–H and O–H groups in total. The first-order chi connectivity index (χ1) is 12.3. The Morgan fingerprint density at radius 3 is 2.23 bits per heavy atom. The lowest BCUT2D eigenvalue weighted by Crippen LogP contribution is -2.42. The molecule has 140 valence electrons. The van der Waals surface area contributed by atoms with Crippen LogP contribution < -0.4 is 5.32 Å². The number of hydrogen-bond acceptors (Lipinski definition) is 4. The zero-order valence-corrected chi connectivity index (χ0v) is 13.6. The number of carbonyl (C=O) groups is 1. The number of alkyl halides is 3. The number of benzene rings is 2. The molecule has 1 unspecified atom stereocenters. The van der Waals surface area contributed by atoms with Crippen LogP contribution >= 0.6 is 0 Å². The summed E-state index contributed by atoms with van der Waals surface area (Å²) in [6.45, 7) is -0.621. The normalized spacial score (nSPS) is 13.7. The van der Waals surface area contributed by atoms with E-state index in [9.17, 15) is 28.2 Å². The van der Waals surface area contributed by atoms with Gasteiger partial charge in [0.05, 0.1) is 18.2 Å². The average Bonchev–Trinajstić information content (AvgIpc) is 2.64. The Bertz CT molecular complexity index is 705. The highest BCUT2D eigenvalue weighted by molar-refractivity contribution is 5.67. The Kier molecular flexibility index (Phi) is 6.59. The van der Waals surface area contributed by atoms with Crippen LogP contribution in [0.2, 0.25) is 0 Å². The third-order valence-electron chi connectivity index (χ3n) is 3.67. The molecule has 5 nitrogen and oxygen atoms in total. The zero-order chi connectivity index (χ0) is 19.2. The lowest BCUT2D eigenvalue weighted by molar-refractivity contribution is -0.137. The summed E-state index contributed by atoms with van der Waals surface area (Å²) in [5, 5.41) is 21.9. The topological polar surface area (TPSA) is 78.8 Å². The van der Waals surface area contributed by atoms with Gasteiger partial charge in [0.15, 0.2) is 0 Å². The van der Waals surface area contributed by atoms with Crippen LogP contribution in [0.15, 0.2) is 54.6 Å². The highest BCUT2D eigenvalue weighted by Gasteiger charge is 2.31. The second-order valence-electron chi connectivity index (χ2n) is 5.56. The molecule has 0 aliphatic rings. The predicted octanol–water partition coefficient (Wildman–Crippen LogP) is 3.03. The van der Waals surface area contributed by atoms with Gasteiger partial charge in [-0.15, -0.1) is 0 Å². The number of halogens is 3. The summed E-state index contributed by atoms with van der Waals surface area (Å²) in [7, 11) is 0. The van der Waals surface area contributed by atoms with E-state index in [1.807, 2.05) is 6.07 Å². The van der Waals surface area contributed by atoms with E-state index in [0.717, 1.165) is 29.8 Å². The second-order valence-corrected chi connectivity index (χ2v) is 5.56. The van der Waals surface area contributed by atoms with Crippen LogP contribution in [0.5, 0.6) is 0 Å². The molecule has 0 bridgehead atoms. The van der Waals surface area contributed by atoms with Crippen molar-refractivity contribution in [3.63, 3.8) is 0 Å². The molecule has 8 heteroatoms. The van der Waals surface area contributed by atoms with E-state index >= 15 is 0 Å². The lowest BCUT2D eigenvalue weighted by Gasteiger charge is -2.22. The molecule has 0 heterocycles.